The number of ether oxygens (including phenoxy) is 1. The highest BCUT2D eigenvalue weighted by molar-refractivity contribution is 5.62. The number of methoxy groups -OCH3 is 1. The quantitative estimate of drug-likeness (QED) is 0.788. The average Bonchev–Trinajstić information content (AvgIpc) is 2.40. The van der Waals surface area contributed by atoms with Crippen molar-refractivity contribution in [3.63, 3.8) is 0 Å². The second kappa shape index (κ2) is 6.12. The van der Waals surface area contributed by atoms with Crippen molar-refractivity contribution in [1.82, 2.24) is 4.90 Å². The molecule has 0 aliphatic carbocycles. The van der Waals surface area contributed by atoms with E-state index in [-0.39, 0.29) is 6.10 Å². The first-order valence-corrected chi connectivity index (χ1v) is 6.69. The van der Waals surface area contributed by atoms with Gasteiger partial charge in [-0.25, -0.2) is 0 Å². The Labute approximate surface area is 114 Å². The Kier molecular flexibility index (Phi) is 4.50. The summed E-state index contributed by atoms with van der Waals surface area (Å²) in [7, 11) is 1.63. The number of anilines is 2. The summed E-state index contributed by atoms with van der Waals surface area (Å²) in [4.78, 5) is 4.61. The van der Waals surface area contributed by atoms with Gasteiger partial charge in [-0.3, -0.25) is 4.90 Å². The van der Waals surface area contributed by atoms with Crippen LogP contribution in [0.25, 0.3) is 0 Å². The molecule has 1 aliphatic heterocycles. The lowest BCUT2D eigenvalue weighted by Crippen LogP contribution is -2.48. The Balaban J connectivity index is 1.97. The lowest BCUT2D eigenvalue weighted by Gasteiger charge is -2.36. The number of hydrogen-bond acceptors (Lipinski definition) is 5. The van der Waals surface area contributed by atoms with Gasteiger partial charge in [0.25, 0.3) is 0 Å². The number of aliphatic hydroxyl groups is 1. The molecule has 0 aromatic heterocycles. The smallest absolute Gasteiger partial charge is 0.143 e. The predicted octanol–water partition coefficient (Wildman–Crippen LogP) is 0.780. The Morgan fingerprint density at radius 2 is 2.00 bits per heavy atom. The third-order valence-electron chi connectivity index (χ3n) is 3.48. The van der Waals surface area contributed by atoms with Crippen molar-refractivity contribution in [1.29, 1.82) is 0 Å². The molecule has 0 amide bonds. The van der Waals surface area contributed by atoms with Gasteiger partial charge in [0.15, 0.2) is 0 Å². The highest BCUT2D eigenvalue weighted by Gasteiger charge is 2.18. The van der Waals surface area contributed by atoms with Crippen LogP contribution >= 0.6 is 0 Å². The zero-order valence-electron chi connectivity index (χ0n) is 11.7. The van der Waals surface area contributed by atoms with Crippen molar-refractivity contribution in [2.45, 2.75) is 13.0 Å². The molecule has 1 aromatic rings. The Morgan fingerprint density at radius 3 is 2.58 bits per heavy atom. The predicted molar refractivity (Wildman–Crippen MR) is 77.7 cm³/mol. The molecule has 1 saturated heterocycles. The van der Waals surface area contributed by atoms with Crippen LogP contribution in [0.4, 0.5) is 11.4 Å². The maximum absolute atomic E-state index is 9.40. The summed E-state index contributed by atoms with van der Waals surface area (Å²) >= 11 is 0. The molecule has 3 N–H and O–H groups in total. The lowest BCUT2D eigenvalue weighted by atomic mass is 10.2. The number of benzene rings is 1. The first-order valence-electron chi connectivity index (χ1n) is 6.69. The largest absolute Gasteiger partial charge is 0.495 e. The van der Waals surface area contributed by atoms with Crippen LogP contribution in [0, 0.1) is 0 Å². The van der Waals surface area contributed by atoms with Crippen LogP contribution in [0.2, 0.25) is 0 Å². The molecule has 1 atom stereocenters. The van der Waals surface area contributed by atoms with Crippen molar-refractivity contribution >= 4 is 11.4 Å². The van der Waals surface area contributed by atoms with Gasteiger partial charge in [0.2, 0.25) is 0 Å². The monoisotopic (exact) mass is 265 g/mol. The van der Waals surface area contributed by atoms with Gasteiger partial charge in [-0.15, -0.1) is 0 Å². The standard InChI is InChI=1S/C14H23N3O2/c1-11(18)10-16-5-7-17(8-6-16)12-3-4-13(15)14(9-12)19-2/h3-4,9,11,18H,5-8,10,15H2,1-2H3/t11-/m0/s1. The van der Waals surface area contributed by atoms with Crippen LogP contribution in [0.3, 0.4) is 0 Å². The molecule has 0 saturated carbocycles. The van der Waals surface area contributed by atoms with Crippen molar-refractivity contribution < 1.29 is 9.84 Å². The van der Waals surface area contributed by atoms with Gasteiger partial charge >= 0.3 is 0 Å². The Bertz CT molecular complexity index is 415. The summed E-state index contributed by atoms with van der Waals surface area (Å²) in [5.41, 5.74) is 7.63. The number of nitrogens with zero attached hydrogens (tertiary/aromatic N) is 2. The van der Waals surface area contributed by atoms with E-state index < -0.39 is 0 Å². The molecule has 5 heteroatoms. The third-order valence-corrected chi connectivity index (χ3v) is 3.48. The van der Waals surface area contributed by atoms with Crippen LogP contribution in [0.15, 0.2) is 18.2 Å². The van der Waals surface area contributed by atoms with E-state index in [4.69, 9.17) is 10.5 Å². The van der Waals surface area contributed by atoms with Crippen LogP contribution in [0.5, 0.6) is 5.75 Å². The van der Waals surface area contributed by atoms with Gasteiger partial charge in [-0.1, -0.05) is 0 Å². The normalized spacial score (nSPS) is 18.4. The van der Waals surface area contributed by atoms with Crippen molar-refractivity contribution in [2.75, 3.05) is 50.5 Å². The maximum Gasteiger partial charge on any atom is 0.143 e. The van der Waals surface area contributed by atoms with E-state index >= 15 is 0 Å². The molecule has 19 heavy (non-hydrogen) atoms. The summed E-state index contributed by atoms with van der Waals surface area (Å²) < 4.78 is 5.26. The van der Waals surface area contributed by atoms with Crippen LogP contribution in [-0.2, 0) is 0 Å². The molecule has 1 aliphatic rings. The molecule has 0 spiro atoms. The molecule has 0 radical (unpaired) electrons. The summed E-state index contributed by atoms with van der Waals surface area (Å²) in [6.07, 6.45) is -0.261. The minimum atomic E-state index is -0.261. The summed E-state index contributed by atoms with van der Waals surface area (Å²) in [5, 5.41) is 9.40. The van der Waals surface area contributed by atoms with Crippen molar-refractivity contribution in [2.24, 2.45) is 0 Å². The fourth-order valence-electron chi connectivity index (χ4n) is 2.46. The second-order valence-corrected chi connectivity index (χ2v) is 5.06. The molecule has 5 nitrogen and oxygen atoms in total. The van der Waals surface area contributed by atoms with Gasteiger partial charge in [0.05, 0.1) is 18.9 Å². The van der Waals surface area contributed by atoms with Crippen LogP contribution in [0.1, 0.15) is 6.92 Å². The van der Waals surface area contributed by atoms with E-state index in [2.05, 4.69) is 9.80 Å². The Hall–Kier alpha value is -1.46. The van der Waals surface area contributed by atoms with Gasteiger partial charge in [0, 0.05) is 44.5 Å². The SMILES string of the molecule is COc1cc(N2CCN(C[C@H](C)O)CC2)ccc1N. The number of piperazine rings is 1. The first kappa shape index (κ1) is 14.0. The summed E-state index contributed by atoms with van der Waals surface area (Å²) in [6, 6.07) is 5.90. The second-order valence-electron chi connectivity index (χ2n) is 5.06. The average molecular weight is 265 g/mol. The zero-order chi connectivity index (χ0) is 13.8. The summed E-state index contributed by atoms with van der Waals surface area (Å²) in [5.74, 6) is 0.726. The van der Waals surface area contributed by atoms with E-state index in [0.717, 1.165) is 44.2 Å². The number of β-amino-alcohol motifs (C(OH)–C–C–N with tert-alkyl or cyclic N) is 1. The zero-order valence-corrected chi connectivity index (χ0v) is 11.7. The highest BCUT2D eigenvalue weighted by Crippen LogP contribution is 2.27. The van der Waals surface area contributed by atoms with E-state index in [1.54, 1.807) is 7.11 Å². The molecule has 1 heterocycles. The van der Waals surface area contributed by atoms with Crippen LogP contribution < -0.4 is 15.4 Å². The summed E-state index contributed by atoms with van der Waals surface area (Å²) in [6.45, 7) is 6.44. The molecule has 106 valence electrons. The van der Waals surface area contributed by atoms with Crippen LogP contribution in [-0.4, -0.2) is 55.9 Å². The molecule has 0 unspecified atom stereocenters. The molecule has 0 bridgehead atoms. The fraction of sp³-hybridized carbons (Fsp3) is 0.571. The van der Waals surface area contributed by atoms with E-state index in [1.807, 2.05) is 25.1 Å². The van der Waals surface area contributed by atoms with Gasteiger partial charge < -0.3 is 20.5 Å². The highest BCUT2D eigenvalue weighted by atomic mass is 16.5. The minimum absolute atomic E-state index is 0.261. The van der Waals surface area contributed by atoms with Crippen molar-refractivity contribution in [3.05, 3.63) is 18.2 Å². The molecule has 2 rings (SSSR count). The number of nitrogens with two attached hydrogens (primary N) is 1. The molecule has 1 aromatic carbocycles. The van der Waals surface area contributed by atoms with E-state index in [9.17, 15) is 5.11 Å². The van der Waals surface area contributed by atoms with E-state index in [1.165, 1.54) is 0 Å². The Morgan fingerprint density at radius 1 is 1.32 bits per heavy atom. The number of hydrogen-bond donors (Lipinski definition) is 2. The number of rotatable bonds is 4. The molecule has 1 fully saturated rings. The van der Waals surface area contributed by atoms with E-state index in [0.29, 0.717) is 5.69 Å². The fourth-order valence-corrected chi connectivity index (χ4v) is 2.46. The topological polar surface area (TPSA) is 62.0 Å². The molecular formula is C14H23N3O2. The van der Waals surface area contributed by atoms with Gasteiger partial charge in [-0.05, 0) is 19.1 Å². The maximum atomic E-state index is 9.40. The number of aliphatic hydroxyl groups excluding tert-OH is 1. The lowest BCUT2D eigenvalue weighted by molar-refractivity contribution is 0.122. The van der Waals surface area contributed by atoms with Gasteiger partial charge in [-0.2, -0.15) is 0 Å². The first-order chi connectivity index (χ1) is 9.10. The van der Waals surface area contributed by atoms with Gasteiger partial charge in [0.1, 0.15) is 5.75 Å². The molecular weight excluding hydrogens is 242 g/mol. The number of nitrogen functional groups attached to an aromatic ring is 1. The minimum Gasteiger partial charge on any atom is -0.495 e. The van der Waals surface area contributed by atoms with Crippen molar-refractivity contribution in [3.8, 4) is 5.75 Å². The third kappa shape index (κ3) is 3.52.